The van der Waals surface area contributed by atoms with Gasteiger partial charge in [-0.15, -0.1) is 5.06 Å². The van der Waals surface area contributed by atoms with Gasteiger partial charge in [-0.1, -0.05) is 32.1 Å². The summed E-state index contributed by atoms with van der Waals surface area (Å²) in [5, 5.41) is 0.589. The third-order valence-corrected chi connectivity index (χ3v) is 3.77. The summed E-state index contributed by atoms with van der Waals surface area (Å²) in [4.78, 5) is 50.1. The summed E-state index contributed by atoms with van der Waals surface area (Å²) in [6, 6.07) is 0. The molecule has 1 heterocycles. The second kappa shape index (κ2) is 11.6. The van der Waals surface area contributed by atoms with Crippen molar-refractivity contribution in [1.29, 1.82) is 0 Å². The number of carbonyl (C=O) groups is 4. The van der Waals surface area contributed by atoms with Crippen molar-refractivity contribution < 1.29 is 28.8 Å². The lowest BCUT2D eigenvalue weighted by molar-refractivity contribution is -0.197. The van der Waals surface area contributed by atoms with E-state index in [1.165, 1.54) is 0 Å². The zero-order valence-electron chi connectivity index (χ0n) is 14.4. The molecule has 1 aliphatic rings. The first-order valence-electron chi connectivity index (χ1n) is 8.76. The lowest BCUT2D eigenvalue weighted by Gasteiger charge is -2.12. The fourth-order valence-corrected chi connectivity index (χ4v) is 2.46. The van der Waals surface area contributed by atoms with Crippen LogP contribution in [0, 0.1) is 0 Å². The number of hydrogen-bond acceptors (Lipinski definition) is 6. The number of hydrogen-bond donors (Lipinski definition) is 0. The van der Waals surface area contributed by atoms with Crippen molar-refractivity contribution in [3.05, 3.63) is 0 Å². The maximum absolute atomic E-state index is 11.6. The van der Waals surface area contributed by atoms with Gasteiger partial charge in [0.15, 0.2) is 0 Å². The van der Waals surface area contributed by atoms with Crippen LogP contribution in [0.3, 0.4) is 0 Å². The molecule has 0 aromatic carbocycles. The summed E-state index contributed by atoms with van der Waals surface area (Å²) in [6.07, 6.45) is 7.46. The molecule has 136 valence electrons. The number of hydroxylamine groups is 2. The van der Waals surface area contributed by atoms with Crippen LogP contribution in [-0.4, -0.2) is 35.4 Å². The van der Waals surface area contributed by atoms with Crippen LogP contribution in [0.25, 0.3) is 0 Å². The minimum atomic E-state index is -0.534. The third-order valence-electron chi connectivity index (χ3n) is 3.77. The summed E-state index contributed by atoms with van der Waals surface area (Å²) in [5.74, 6) is -1.56. The van der Waals surface area contributed by atoms with Gasteiger partial charge in [0.2, 0.25) is 0 Å². The smallest absolute Gasteiger partial charge is 0.333 e. The van der Waals surface area contributed by atoms with E-state index in [0.29, 0.717) is 24.5 Å². The Morgan fingerprint density at radius 3 is 1.79 bits per heavy atom. The predicted octanol–water partition coefficient (Wildman–Crippen LogP) is 2.67. The molecule has 1 saturated heterocycles. The molecule has 2 amide bonds. The average Bonchev–Trinajstić information content (AvgIpc) is 2.85. The molecule has 0 N–H and O–H groups in total. The molecule has 0 saturated carbocycles. The van der Waals surface area contributed by atoms with Crippen LogP contribution in [-0.2, 0) is 28.8 Å². The molecule has 24 heavy (non-hydrogen) atoms. The Balaban J connectivity index is 1.93. The number of esters is 1. The van der Waals surface area contributed by atoms with Crippen LogP contribution in [0.4, 0.5) is 0 Å². The number of unbranched alkanes of at least 4 members (excludes halogenated alkanes) is 6. The van der Waals surface area contributed by atoms with E-state index in [4.69, 9.17) is 9.57 Å². The minimum absolute atomic E-state index is 0.113. The van der Waals surface area contributed by atoms with Gasteiger partial charge in [0.25, 0.3) is 11.8 Å². The SMILES string of the molecule is CCOC(=O)CCCCCCCCCC(=O)ON1C(=O)CCC1=O. The second-order valence-corrected chi connectivity index (χ2v) is 5.83. The van der Waals surface area contributed by atoms with Gasteiger partial charge in [-0.3, -0.25) is 14.4 Å². The van der Waals surface area contributed by atoms with Gasteiger partial charge >= 0.3 is 11.9 Å². The van der Waals surface area contributed by atoms with E-state index < -0.39 is 17.8 Å². The van der Waals surface area contributed by atoms with Crippen LogP contribution >= 0.6 is 0 Å². The molecule has 0 atom stereocenters. The number of amides is 2. The predicted molar refractivity (Wildman–Crippen MR) is 85.4 cm³/mol. The number of carbonyl (C=O) groups excluding carboxylic acids is 4. The Morgan fingerprint density at radius 1 is 0.833 bits per heavy atom. The van der Waals surface area contributed by atoms with Gasteiger partial charge in [-0.05, 0) is 19.8 Å². The molecular formula is C17H27NO6. The Kier molecular flexibility index (Phi) is 9.72. The first kappa shape index (κ1) is 20.1. The number of ether oxygens (including phenoxy) is 1. The van der Waals surface area contributed by atoms with Crippen molar-refractivity contribution in [2.45, 2.75) is 77.6 Å². The molecule has 1 rings (SSSR count). The summed E-state index contributed by atoms with van der Waals surface area (Å²) >= 11 is 0. The number of rotatable bonds is 12. The van der Waals surface area contributed by atoms with Gasteiger partial charge in [0.1, 0.15) is 0 Å². The third kappa shape index (κ3) is 8.08. The molecule has 0 aliphatic carbocycles. The Labute approximate surface area is 142 Å². The van der Waals surface area contributed by atoms with Crippen molar-refractivity contribution in [2.75, 3.05) is 6.61 Å². The van der Waals surface area contributed by atoms with Gasteiger partial charge in [0, 0.05) is 25.7 Å². The molecular weight excluding hydrogens is 314 g/mol. The van der Waals surface area contributed by atoms with Crippen LogP contribution in [0.15, 0.2) is 0 Å². The van der Waals surface area contributed by atoms with Crippen molar-refractivity contribution in [3.8, 4) is 0 Å². The van der Waals surface area contributed by atoms with E-state index in [2.05, 4.69) is 0 Å². The van der Waals surface area contributed by atoms with E-state index >= 15 is 0 Å². The Morgan fingerprint density at radius 2 is 1.29 bits per heavy atom. The van der Waals surface area contributed by atoms with Gasteiger partial charge < -0.3 is 9.57 Å². The maximum Gasteiger partial charge on any atom is 0.333 e. The van der Waals surface area contributed by atoms with E-state index in [1.807, 2.05) is 0 Å². The molecule has 0 radical (unpaired) electrons. The number of imide groups is 1. The van der Waals surface area contributed by atoms with Gasteiger partial charge in [-0.2, -0.15) is 0 Å². The minimum Gasteiger partial charge on any atom is -0.466 e. The number of nitrogens with zero attached hydrogens (tertiary/aromatic N) is 1. The molecule has 0 unspecified atom stereocenters. The average molecular weight is 341 g/mol. The molecule has 0 aromatic heterocycles. The molecule has 0 spiro atoms. The summed E-state index contributed by atoms with van der Waals surface area (Å²) in [5.41, 5.74) is 0. The molecule has 7 heteroatoms. The molecule has 0 aromatic rings. The lowest BCUT2D eigenvalue weighted by atomic mass is 10.1. The monoisotopic (exact) mass is 341 g/mol. The first-order chi connectivity index (χ1) is 11.5. The van der Waals surface area contributed by atoms with Crippen LogP contribution in [0.5, 0.6) is 0 Å². The summed E-state index contributed by atoms with van der Waals surface area (Å²) in [6.45, 7) is 2.23. The van der Waals surface area contributed by atoms with Crippen LogP contribution in [0.2, 0.25) is 0 Å². The zero-order chi connectivity index (χ0) is 17.8. The highest BCUT2D eigenvalue weighted by molar-refractivity contribution is 6.01. The topological polar surface area (TPSA) is 90.0 Å². The Hall–Kier alpha value is -1.92. The van der Waals surface area contributed by atoms with E-state index in [0.717, 1.165) is 38.5 Å². The van der Waals surface area contributed by atoms with Crippen molar-refractivity contribution >= 4 is 23.8 Å². The standard InChI is InChI=1S/C17H27NO6/c1-2-23-16(21)10-8-6-4-3-5-7-9-11-17(22)24-18-14(19)12-13-15(18)20/h2-13H2,1H3. The zero-order valence-corrected chi connectivity index (χ0v) is 14.4. The molecule has 7 nitrogen and oxygen atoms in total. The maximum atomic E-state index is 11.6. The second-order valence-electron chi connectivity index (χ2n) is 5.83. The Bertz CT molecular complexity index is 432. The fourth-order valence-electron chi connectivity index (χ4n) is 2.46. The van der Waals surface area contributed by atoms with Crippen molar-refractivity contribution in [3.63, 3.8) is 0 Å². The molecule has 0 bridgehead atoms. The van der Waals surface area contributed by atoms with E-state index in [1.54, 1.807) is 6.92 Å². The van der Waals surface area contributed by atoms with Crippen molar-refractivity contribution in [1.82, 2.24) is 5.06 Å². The van der Waals surface area contributed by atoms with Crippen LogP contribution < -0.4 is 0 Å². The molecule has 1 aliphatic heterocycles. The quantitative estimate of drug-likeness (QED) is 0.308. The van der Waals surface area contributed by atoms with E-state index in [-0.39, 0.29) is 25.2 Å². The fraction of sp³-hybridized carbons (Fsp3) is 0.765. The molecule has 1 fully saturated rings. The van der Waals surface area contributed by atoms with Crippen molar-refractivity contribution in [2.24, 2.45) is 0 Å². The van der Waals surface area contributed by atoms with Gasteiger partial charge in [-0.25, -0.2) is 4.79 Å². The van der Waals surface area contributed by atoms with E-state index in [9.17, 15) is 19.2 Å². The van der Waals surface area contributed by atoms with Gasteiger partial charge in [0.05, 0.1) is 6.61 Å². The summed E-state index contributed by atoms with van der Waals surface area (Å²) in [7, 11) is 0. The normalized spacial score (nSPS) is 14.1. The largest absolute Gasteiger partial charge is 0.466 e. The highest BCUT2D eigenvalue weighted by Gasteiger charge is 2.32. The van der Waals surface area contributed by atoms with Crippen LogP contribution in [0.1, 0.15) is 77.6 Å². The first-order valence-corrected chi connectivity index (χ1v) is 8.76. The highest BCUT2D eigenvalue weighted by Crippen LogP contribution is 2.14. The summed E-state index contributed by atoms with van der Waals surface area (Å²) < 4.78 is 4.86. The lowest BCUT2D eigenvalue weighted by Crippen LogP contribution is -2.31. The highest BCUT2D eigenvalue weighted by atomic mass is 16.7.